The summed E-state index contributed by atoms with van der Waals surface area (Å²) in [5, 5.41) is 8.81. The van der Waals surface area contributed by atoms with Crippen LogP contribution in [-0.4, -0.2) is 42.8 Å². The molecule has 1 rings (SSSR count). The minimum Gasteiger partial charge on any atom is -0.395 e. The molecule has 0 saturated heterocycles. The minimum absolute atomic E-state index is 0.0759. The molecule has 90 valence electrons. The van der Waals surface area contributed by atoms with Crippen LogP contribution in [0.2, 0.25) is 0 Å². The Labute approximate surface area is 97.9 Å². The van der Waals surface area contributed by atoms with Crippen molar-refractivity contribution in [1.29, 1.82) is 0 Å². The third-order valence-corrected chi connectivity index (χ3v) is 2.74. The van der Waals surface area contributed by atoms with E-state index >= 15 is 0 Å². The predicted octanol–water partition coefficient (Wildman–Crippen LogP) is 0.871. The van der Waals surface area contributed by atoms with Crippen molar-refractivity contribution >= 4 is 0 Å². The van der Waals surface area contributed by atoms with Crippen LogP contribution in [0.4, 0.5) is 0 Å². The van der Waals surface area contributed by atoms with Gasteiger partial charge in [0.25, 0.3) is 0 Å². The maximum absolute atomic E-state index is 8.81. The molecular formula is C13H22N2O. The normalized spacial score (nSPS) is 13.0. The molecule has 1 aromatic rings. The SMILES string of the molecule is CN(CCc1ccccc1)CCC(N)CO. The summed E-state index contributed by atoms with van der Waals surface area (Å²) in [5.74, 6) is 0. The van der Waals surface area contributed by atoms with Gasteiger partial charge in [0.15, 0.2) is 0 Å². The van der Waals surface area contributed by atoms with Crippen molar-refractivity contribution in [3.8, 4) is 0 Å². The van der Waals surface area contributed by atoms with Crippen molar-refractivity contribution in [3.63, 3.8) is 0 Å². The summed E-state index contributed by atoms with van der Waals surface area (Å²) >= 11 is 0. The molecule has 16 heavy (non-hydrogen) atoms. The molecule has 3 nitrogen and oxygen atoms in total. The Morgan fingerprint density at radius 1 is 1.25 bits per heavy atom. The largest absolute Gasteiger partial charge is 0.395 e. The maximum atomic E-state index is 8.81. The second-order valence-electron chi connectivity index (χ2n) is 4.27. The average Bonchev–Trinajstić information content (AvgIpc) is 2.34. The molecule has 0 aliphatic rings. The second-order valence-corrected chi connectivity index (χ2v) is 4.27. The smallest absolute Gasteiger partial charge is 0.0583 e. The lowest BCUT2D eigenvalue weighted by Crippen LogP contribution is -2.31. The Hall–Kier alpha value is -0.900. The fraction of sp³-hybridized carbons (Fsp3) is 0.538. The Balaban J connectivity index is 2.18. The number of hydrogen-bond acceptors (Lipinski definition) is 3. The molecule has 0 aliphatic carbocycles. The summed E-state index contributed by atoms with van der Waals surface area (Å²) in [6.45, 7) is 2.04. The molecular weight excluding hydrogens is 200 g/mol. The standard InChI is InChI=1S/C13H22N2O/c1-15(10-8-13(14)11-16)9-7-12-5-3-2-4-6-12/h2-6,13,16H,7-11,14H2,1H3. The van der Waals surface area contributed by atoms with E-state index in [1.54, 1.807) is 0 Å². The Morgan fingerprint density at radius 2 is 1.94 bits per heavy atom. The van der Waals surface area contributed by atoms with Gasteiger partial charge in [0, 0.05) is 12.6 Å². The van der Waals surface area contributed by atoms with Gasteiger partial charge < -0.3 is 15.7 Å². The van der Waals surface area contributed by atoms with Gasteiger partial charge in [0.1, 0.15) is 0 Å². The van der Waals surface area contributed by atoms with Crippen molar-refractivity contribution in [1.82, 2.24) is 4.90 Å². The van der Waals surface area contributed by atoms with Crippen LogP contribution < -0.4 is 5.73 Å². The van der Waals surface area contributed by atoms with Gasteiger partial charge in [-0.05, 0) is 32.0 Å². The third kappa shape index (κ3) is 5.26. The van der Waals surface area contributed by atoms with Crippen LogP contribution in [0.1, 0.15) is 12.0 Å². The first-order valence-corrected chi connectivity index (χ1v) is 5.81. The Kier molecular flexibility index (Phi) is 6.08. The highest BCUT2D eigenvalue weighted by Crippen LogP contribution is 2.01. The van der Waals surface area contributed by atoms with Gasteiger partial charge in [-0.3, -0.25) is 0 Å². The molecule has 1 atom stereocenters. The third-order valence-electron chi connectivity index (χ3n) is 2.74. The highest BCUT2D eigenvalue weighted by Gasteiger charge is 2.03. The summed E-state index contributed by atoms with van der Waals surface area (Å²) in [6, 6.07) is 10.4. The first-order chi connectivity index (χ1) is 7.72. The fourth-order valence-corrected chi connectivity index (χ4v) is 1.55. The zero-order valence-corrected chi connectivity index (χ0v) is 9.97. The van der Waals surface area contributed by atoms with Gasteiger partial charge >= 0.3 is 0 Å². The molecule has 3 heteroatoms. The molecule has 3 N–H and O–H groups in total. The van der Waals surface area contributed by atoms with E-state index in [4.69, 9.17) is 10.8 Å². The topological polar surface area (TPSA) is 49.5 Å². The molecule has 0 aliphatic heterocycles. The van der Waals surface area contributed by atoms with E-state index in [1.165, 1.54) is 5.56 Å². The Bertz CT molecular complexity index is 277. The lowest BCUT2D eigenvalue weighted by molar-refractivity contribution is 0.240. The number of nitrogens with zero attached hydrogens (tertiary/aromatic N) is 1. The highest BCUT2D eigenvalue weighted by molar-refractivity contribution is 5.14. The Morgan fingerprint density at radius 3 is 2.56 bits per heavy atom. The maximum Gasteiger partial charge on any atom is 0.0583 e. The molecule has 0 fully saturated rings. The van der Waals surface area contributed by atoms with E-state index in [1.807, 2.05) is 6.07 Å². The quantitative estimate of drug-likeness (QED) is 0.720. The first kappa shape index (κ1) is 13.2. The van der Waals surface area contributed by atoms with Crippen LogP contribution in [0.15, 0.2) is 30.3 Å². The van der Waals surface area contributed by atoms with Crippen LogP contribution in [0, 0.1) is 0 Å². The van der Waals surface area contributed by atoms with Gasteiger partial charge in [-0.1, -0.05) is 30.3 Å². The van der Waals surface area contributed by atoms with Crippen molar-refractivity contribution in [3.05, 3.63) is 35.9 Å². The zero-order valence-electron chi connectivity index (χ0n) is 9.97. The minimum atomic E-state index is -0.0841. The van der Waals surface area contributed by atoms with Crippen molar-refractivity contribution < 1.29 is 5.11 Å². The molecule has 1 unspecified atom stereocenters. The van der Waals surface area contributed by atoms with Crippen molar-refractivity contribution in [2.75, 3.05) is 26.7 Å². The van der Waals surface area contributed by atoms with Gasteiger partial charge in [0.05, 0.1) is 6.61 Å². The van der Waals surface area contributed by atoms with E-state index < -0.39 is 0 Å². The molecule has 0 heterocycles. The summed E-state index contributed by atoms with van der Waals surface area (Å²) in [6.07, 6.45) is 1.91. The van der Waals surface area contributed by atoms with E-state index in [2.05, 4.69) is 36.2 Å². The molecule has 1 aromatic carbocycles. The van der Waals surface area contributed by atoms with E-state index in [0.717, 1.165) is 25.9 Å². The van der Waals surface area contributed by atoms with Crippen LogP contribution in [0.3, 0.4) is 0 Å². The molecule has 0 amide bonds. The molecule has 0 bridgehead atoms. The number of benzene rings is 1. The summed E-state index contributed by atoms with van der Waals surface area (Å²) in [5.41, 5.74) is 7.01. The molecule has 0 radical (unpaired) electrons. The fourth-order valence-electron chi connectivity index (χ4n) is 1.55. The summed E-state index contributed by atoms with van der Waals surface area (Å²) in [4.78, 5) is 2.25. The lowest BCUT2D eigenvalue weighted by atomic mass is 10.1. The average molecular weight is 222 g/mol. The zero-order chi connectivity index (χ0) is 11.8. The molecule has 0 saturated carbocycles. The van der Waals surface area contributed by atoms with Gasteiger partial charge in [-0.15, -0.1) is 0 Å². The van der Waals surface area contributed by atoms with Crippen LogP contribution in [0.25, 0.3) is 0 Å². The molecule has 0 aromatic heterocycles. The lowest BCUT2D eigenvalue weighted by Gasteiger charge is -2.18. The second kappa shape index (κ2) is 7.39. The van der Waals surface area contributed by atoms with Crippen LogP contribution in [0.5, 0.6) is 0 Å². The monoisotopic (exact) mass is 222 g/mol. The van der Waals surface area contributed by atoms with Crippen molar-refractivity contribution in [2.24, 2.45) is 5.73 Å². The van der Waals surface area contributed by atoms with Gasteiger partial charge in [-0.25, -0.2) is 0 Å². The number of aliphatic hydroxyl groups is 1. The van der Waals surface area contributed by atoms with Crippen LogP contribution >= 0.6 is 0 Å². The van der Waals surface area contributed by atoms with Crippen LogP contribution in [-0.2, 0) is 6.42 Å². The van der Waals surface area contributed by atoms with Crippen molar-refractivity contribution in [2.45, 2.75) is 18.9 Å². The summed E-state index contributed by atoms with van der Waals surface area (Å²) in [7, 11) is 2.09. The van der Waals surface area contributed by atoms with Gasteiger partial charge in [-0.2, -0.15) is 0 Å². The van der Waals surface area contributed by atoms with E-state index in [0.29, 0.717) is 0 Å². The summed E-state index contributed by atoms with van der Waals surface area (Å²) < 4.78 is 0. The molecule has 0 spiro atoms. The number of hydrogen-bond donors (Lipinski definition) is 2. The highest BCUT2D eigenvalue weighted by atomic mass is 16.3. The number of nitrogens with two attached hydrogens (primary N) is 1. The predicted molar refractivity (Wildman–Crippen MR) is 67.3 cm³/mol. The van der Waals surface area contributed by atoms with Gasteiger partial charge in [0.2, 0.25) is 0 Å². The number of rotatable bonds is 7. The number of aliphatic hydroxyl groups excluding tert-OH is 1. The van der Waals surface area contributed by atoms with E-state index in [9.17, 15) is 0 Å². The number of likely N-dealkylation sites (N-methyl/N-ethyl adjacent to an activating group) is 1. The van der Waals surface area contributed by atoms with E-state index in [-0.39, 0.29) is 12.6 Å². The first-order valence-electron chi connectivity index (χ1n) is 5.81.